The second-order valence-electron chi connectivity index (χ2n) is 6.40. The summed E-state index contributed by atoms with van der Waals surface area (Å²) >= 11 is 0. The van der Waals surface area contributed by atoms with Gasteiger partial charge in [0, 0.05) is 31.4 Å². The lowest BCUT2D eigenvalue weighted by atomic mass is 10.00. The molecule has 138 valence electrons. The van der Waals surface area contributed by atoms with E-state index in [0.29, 0.717) is 11.3 Å². The molecule has 0 bridgehead atoms. The molecule has 0 radical (unpaired) electrons. The lowest BCUT2D eigenvalue weighted by Crippen LogP contribution is -2.36. The summed E-state index contributed by atoms with van der Waals surface area (Å²) in [6.07, 6.45) is 0.284. The third-order valence-electron chi connectivity index (χ3n) is 4.02. The van der Waals surface area contributed by atoms with Crippen LogP contribution in [0.1, 0.15) is 12.5 Å². The fourth-order valence-electron chi connectivity index (χ4n) is 2.48. The Morgan fingerprint density at radius 1 is 1.08 bits per heavy atom. The topological polar surface area (TPSA) is 61.4 Å². The zero-order chi connectivity index (χ0) is 19.1. The van der Waals surface area contributed by atoms with Gasteiger partial charge in [-0.25, -0.2) is 4.39 Å². The standard InChI is InChI=1S/C20H24FN3O2/c1-14(12-15-6-4-5-7-18(15)21)20(26)22-13-19(25)23-16-8-10-17(11-9-16)24(2)3/h4-11,14H,12-13H2,1-3H3,(H,22,26)(H,23,25). The number of hydrogen-bond donors (Lipinski definition) is 2. The van der Waals surface area contributed by atoms with Crippen molar-refractivity contribution >= 4 is 23.2 Å². The maximum atomic E-state index is 13.6. The largest absolute Gasteiger partial charge is 0.378 e. The predicted octanol–water partition coefficient (Wildman–Crippen LogP) is 2.83. The number of nitrogens with one attached hydrogen (secondary N) is 2. The summed E-state index contributed by atoms with van der Waals surface area (Å²) in [6, 6.07) is 13.8. The molecule has 0 fully saturated rings. The first-order valence-corrected chi connectivity index (χ1v) is 8.45. The molecule has 0 saturated heterocycles. The molecule has 0 aliphatic rings. The zero-order valence-corrected chi connectivity index (χ0v) is 15.3. The zero-order valence-electron chi connectivity index (χ0n) is 15.3. The van der Waals surface area contributed by atoms with Gasteiger partial charge in [0.2, 0.25) is 11.8 Å². The number of hydrogen-bond acceptors (Lipinski definition) is 3. The average molecular weight is 357 g/mol. The summed E-state index contributed by atoms with van der Waals surface area (Å²) in [6.45, 7) is 1.58. The molecule has 0 spiro atoms. The predicted molar refractivity (Wildman–Crippen MR) is 102 cm³/mol. The van der Waals surface area contributed by atoms with E-state index in [1.165, 1.54) is 6.07 Å². The van der Waals surface area contributed by atoms with Gasteiger partial charge in [0.25, 0.3) is 0 Å². The van der Waals surface area contributed by atoms with Crippen LogP contribution in [0.15, 0.2) is 48.5 Å². The average Bonchev–Trinajstić information content (AvgIpc) is 2.62. The minimum atomic E-state index is -0.431. The number of benzene rings is 2. The molecule has 5 nitrogen and oxygen atoms in total. The molecule has 1 unspecified atom stereocenters. The number of carbonyl (C=O) groups is 2. The maximum Gasteiger partial charge on any atom is 0.243 e. The van der Waals surface area contributed by atoms with Crippen LogP contribution in [0.5, 0.6) is 0 Å². The van der Waals surface area contributed by atoms with E-state index >= 15 is 0 Å². The van der Waals surface area contributed by atoms with E-state index in [4.69, 9.17) is 0 Å². The molecule has 2 aromatic rings. The van der Waals surface area contributed by atoms with Gasteiger partial charge in [0.1, 0.15) is 5.82 Å². The number of rotatable bonds is 7. The Morgan fingerprint density at radius 3 is 2.35 bits per heavy atom. The summed E-state index contributed by atoms with van der Waals surface area (Å²) < 4.78 is 13.6. The minimum Gasteiger partial charge on any atom is -0.378 e. The summed E-state index contributed by atoms with van der Waals surface area (Å²) in [5.41, 5.74) is 2.17. The Hall–Kier alpha value is -2.89. The molecule has 2 aromatic carbocycles. The van der Waals surface area contributed by atoms with Gasteiger partial charge in [-0.05, 0) is 42.3 Å². The molecule has 0 aromatic heterocycles. The maximum absolute atomic E-state index is 13.6. The second kappa shape index (κ2) is 8.99. The molecule has 0 heterocycles. The van der Waals surface area contributed by atoms with Gasteiger partial charge < -0.3 is 15.5 Å². The number of nitrogens with zero attached hydrogens (tertiary/aromatic N) is 1. The van der Waals surface area contributed by atoms with Crippen molar-refractivity contribution in [3.8, 4) is 0 Å². The molecule has 0 aliphatic carbocycles. The van der Waals surface area contributed by atoms with Crippen molar-refractivity contribution < 1.29 is 14.0 Å². The van der Waals surface area contributed by atoms with Gasteiger partial charge in [-0.3, -0.25) is 9.59 Å². The number of amides is 2. The van der Waals surface area contributed by atoms with E-state index < -0.39 is 5.92 Å². The van der Waals surface area contributed by atoms with Crippen molar-refractivity contribution in [3.05, 3.63) is 59.9 Å². The van der Waals surface area contributed by atoms with Gasteiger partial charge in [-0.2, -0.15) is 0 Å². The fraction of sp³-hybridized carbons (Fsp3) is 0.300. The van der Waals surface area contributed by atoms with Gasteiger partial charge >= 0.3 is 0 Å². The third kappa shape index (κ3) is 5.58. The van der Waals surface area contributed by atoms with Crippen LogP contribution in [0.3, 0.4) is 0 Å². The lowest BCUT2D eigenvalue weighted by molar-refractivity contribution is -0.126. The van der Waals surface area contributed by atoms with Gasteiger partial charge in [0.15, 0.2) is 0 Å². The normalized spacial score (nSPS) is 11.5. The van der Waals surface area contributed by atoms with Crippen molar-refractivity contribution in [3.63, 3.8) is 0 Å². The molecule has 0 aliphatic heterocycles. The molecule has 6 heteroatoms. The highest BCUT2D eigenvalue weighted by Gasteiger charge is 2.16. The molecule has 1 atom stereocenters. The Morgan fingerprint density at radius 2 is 1.73 bits per heavy atom. The highest BCUT2D eigenvalue weighted by atomic mass is 19.1. The quantitative estimate of drug-likeness (QED) is 0.801. The highest BCUT2D eigenvalue weighted by molar-refractivity contribution is 5.94. The molecule has 2 N–H and O–H groups in total. The van der Waals surface area contributed by atoms with Crippen molar-refractivity contribution in [1.82, 2.24) is 5.32 Å². The van der Waals surface area contributed by atoms with Crippen LogP contribution < -0.4 is 15.5 Å². The fourth-order valence-corrected chi connectivity index (χ4v) is 2.48. The smallest absolute Gasteiger partial charge is 0.243 e. The van der Waals surface area contributed by atoms with Gasteiger partial charge in [-0.15, -0.1) is 0 Å². The van der Waals surface area contributed by atoms with Crippen LogP contribution in [-0.2, 0) is 16.0 Å². The van der Waals surface area contributed by atoms with E-state index in [1.807, 2.05) is 31.1 Å². The summed E-state index contributed by atoms with van der Waals surface area (Å²) in [7, 11) is 3.87. The van der Waals surface area contributed by atoms with Crippen molar-refractivity contribution in [1.29, 1.82) is 0 Å². The van der Waals surface area contributed by atoms with Crippen LogP contribution in [0, 0.1) is 11.7 Å². The van der Waals surface area contributed by atoms with E-state index in [2.05, 4.69) is 10.6 Å². The first-order valence-electron chi connectivity index (χ1n) is 8.45. The van der Waals surface area contributed by atoms with Crippen LogP contribution in [-0.4, -0.2) is 32.5 Å². The monoisotopic (exact) mass is 357 g/mol. The second-order valence-corrected chi connectivity index (χ2v) is 6.40. The third-order valence-corrected chi connectivity index (χ3v) is 4.02. The Labute approximate surface area is 153 Å². The molecule has 2 amide bonds. The number of anilines is 2. The van der Waals surface area contributed by atoms with Crippen molar-refractivity contribution in [2.75, 3.05) is 30.9 Å². The molecule has 0 saturated carbocycles. The first kappa shape index (κ1) is 19.4. The van der Waals surface area contributed by atoms with E-state index in [1.54, 1.807) is 37.3 Å². The number of carbonyl (C=O) groups excluding carboxylic acids is 2. The summed E-state index contributed by atoms with van der Waals surface area (Å²) in [4.78, 5) is 26.1. The molecule has 2 rings (SSSR count). The van der Waals surface area contributed by atoms with Crippen LogP contribution in [0.4, 0.5) is 15.8 Å². The van der Waals surface area contributed by atoms with Crippen molar-refractivity contribution in [2.45, 2.75) is 13.3 Å². The Balaban J connectivity index is 1.80. The minimum absolute atomic E-state index is 0.129. The van der Waals surface area contributed by atoms with E-state index in [9.17, 15) is 14.0 Å². The molecule has 26 heavy (non-hydrogen) atoms. The van der Waals surface area contributed by atoms with E-state index in [0.717, 1.165) is 5.69 Å². The molecular weight excluding hydrogens is 333 g/mol. The van der Waals surface area contributed by atoms with Crippen LogP contribution >= 0.6 is 0 Å². The SMILES string of the molecule is CC(Cc1ccccc1F)C(=O)NCC(=O)Nc1ccc(N(C)C)cc1. The van der Waals surface area contributed by atoms with Gasteiger partial charge in [0.05, 0.1) is 6.54 Å². The highest BCUT2D eigenvalue weighted by Crippen LogP contribution is 2.15. The van der Waals surface area contributed by atoms with Crippen LogP contribution in [0.25, 0.3) is 0 Å². The first-order chi connectivity index (χ1) is 12.4. The summed E-state index contributed by atoms with van der Waals surface area (Å²) in [5, 5.41) is 5.32. The Bertz CT molecular complexity index is 760. The van der Waals surface area contributed by atoms with Gasteiger partial charge in [-0.1, -0.05) is 25.1 Å². The number of halogens is 1. The molecular formula is C20H24FN3O2. The van der Waals surface area contributed by atoms with E-state index in [-0.39, 0.29) is 30.6 Å². The van der Waals surface area contributed by atoms with Crippen LogP contribution in [0.2, 0.25) is 0 Å². The lowest BCUT2D eigenvalue weighted by Gasteiger charge is -2.14. The van der Waals surface area contributed by atoms with Crippen molar-refractivity contribution in [2.24, 2.45) is 5.92 Å². The Kier molecular flexibility index (Phi) is 6.72. The summed E-state index contributed by atoms with van der Waals surface area (Å²) in [5.74, 6) is -1.36.